The molecule has 38 heavy (non-hydrogen) atoms. The number of hydrogen-bond acceptors (Lipinski definition) is 5. The Bertz CT molecular complexity index is 1300. The third-order valence-electron chi connectivity index (χ3n) is 6.81. The molecule has 198 valence electrons. The van der Waals surface area contributed by atoms with Crippen molar-refractivity contribution in [3.8, 4) is 11.8 Å². The van der Waals surface area contributed by atoms with E-state index in [1.165, 1.54) is 26.4 Å². The maximum absolute atomic E-state index is 13.1. The van der Waals surface area contributed by atoms with Crippen molar-refractivity contribution >= 4 is 29.1 Å². The maximum atomic E-state index is 13.1. The number of esters is 1. The first-order valence-corrected chi connectivity index (χ1v) is 13.1. The summed E-state index contributed by atoms with van der Waals surface area (Å²) in [7, 11) is 1.36. The third-order valence-corrected chi connectivity index (χ3v) is 6.81. The van der Waals surface area contributed by atoms with Crippen molar-refractivity contribution in [1.82, 2.24) is 4.57 Å². The molecule has 2 N–H and O–H groups in total. The van der Waals surface area contributed by atoms with E-state index < -0.39 is 5.97 Å². The minimum absolute atomic E-state index is 0.387. The van der Waals surface area contributed by atoms with Crippen LogP contribution in [0.3, 0.4) is 0 Å². The fourth-order valence-electron chi connectivity index (χ4n) is 5.04. The average Bonchev–Trinajstić information content (AvgIpc) is 3.42. The number of nitrogens with one attached hydrogen (secondary N) is 2. The van der Waals surface area contributed by atoms with Gasteiger partial charge in [0.15, 0.2) is 0 Å². The molecule has 0 spiro atoms. The van der Waals surface area contributed by atoms with Gasteiger partial charge in [-0.2, -0.15) is 5.26 Å². The number of anilines is 3. The summed E-state index contributed by atoms with van der Waals surface area (Å²) in [6.45, 7) is 5.28. The number of ether oxygens (including phenoxy) is 1. The summed E-state index contributed by atoms with van der Waals surface area (Å²) in [5.41, 5.74) is 3.86. The van der Waals surface area contributed by atoms with E-state index in [-0.39, 0.29) is 6.03 Å². The van der Waals surface area contributed by atoms with Crippen molar-refractivity contribution in [2.45, 2.75) is 52.0 Å². The molecule has 1 saturated carbocycles. The molecule has 8 nitrogen and oxygen atoms in total. The van der Waals surface area contributed by atoms with Crippen LogP contribution in [0.25, 0.3) is 5.69 Å². The SMILES string of the molecule is COC(=O)c1cccn1-c1ccc(N(CC(C)C)C2CCCCC2)c(NC(=O)Nc2ccc(C#N)cc2)c1. The molecule has 3 aromatic rings. The molecule has 8 heteroatoms. The van der Waals surface area contributed by atoms with Gasteiger partial charge in [0.2, 0.25) is 0 Å². The van der Waals surface area contributed by atoms with Gasteiger partial charge in [-0.15, -0.1) is 0 Å². The number of carbonyl (C=O) groups is 2. The number of hydrogen-bond donors (Lipinski definition) is 2. The summed E-state index contributed by atoms with van der Waals surface area (Å²) >= 11 is 0. The fraction of sp³-hybridized carbons (Fsp3) is 0.367. The monoisotopic (exact) mass is 513 g/mol. The van der Waals surface area contributed by atoms with E-state index >= 15 is 0 Å². The van der Waals surface area contributed by atoms with E-state index in [0.29, 0.717) is 34.6 Å². The largest absolute Gasteiger partial charge is 0.464 e. The van der Waals surface area contributed by atoms with Crippen molar-refractivity contribution < 1.29 is 14.3 Å². The lowest BCUT2D eigenvalue weighted by Gasteiger charge is -2.38. The Kier molecular flexibility index (Phi) is 8.70. The number of nitriles is 1. The van der Waals surface area contributed by atoms with Crippen molar-refractivity contribution in [1.29, 1.82) is 5.26 Å². The first-order chi connectivity index (χ1) is 18.4. The van der Waals surface area contributed by atoms with Crippen LogP contribution in [0.4, 0.5) is 21.9 Å². The summed E-state index contributed by atoms with van der Waals surface area (Å²) in [5.74, 6) is 0.00286. The van der Waals surface area contributed by atoms with Gasteiger partial charge in [0.25, 0.3) is 0 Å². The Morgan fingerprint density at radius 2 is 1.82 bits per heavy atom. The molecule has 0 bridgehead atoms. The first-order valence-electron chi connectivity index (χ1n) is 13.1. The third kappa shape index (κ3) is 6.35. The van der Waals surface area contributed by atoms with Crippen molar-refractivity contribution in [2.24, 2.45) is 5.92 Å². The molecule has 0 aliphatic heterocycles. The molecule has 1 fully saturated rings. The van der Waals surface area contributed by atoms with E-state index in [1.54, 1.807) is 47.2 Å². The fourth-order valence-corrected chi connectivity index (χ4v) is 5.04. The van der Waals surface area contributed by atoms with Crippen molar-refractivity contribution in [3.63, 3.8) is 0 Å². The maximum Gasteiger partial charge on any atom is 0.355 e. The molecule has 0 saturated heterocycles. The van der Waals surface area contributed by atoms with E-state index in [0.717, 1.165) is 30.8 Å². The normalized spacial score (nSPS) is 13.6. The van der Waals surface area contributed by atoms with Gasteiger partial charge in [-0.25, -0.2) is 9.59 Å². The lowest BCUT2D eigenvalue weighted by atomic mass is 9.93. The molecule has 1 aliphatic carbocycles. The van der Waals surface area contributed by atoms with Crippen LogP contribution in [0.2, 0.25) is 0 Å². The van der Waals surface area contributed by atoms with Crippen molar-refractivity contribution in [3.05, 3.63) is 72.1 Å². The van der Waals surface area contributed by atoms with Gasteiger partial charge >= 0.3 is 12.0 Å². The molecule has 2 aromatic carbocycles. The van der Waals surface area contributed by atoms with Crippen LogP contribution in [0.15, 0.2) is 60.8 Å². The van der Waals surface area contributed by atoms with Gasteiger partial charge in [-0.1, -0.05) is 33.1 Å². The highest BCUT2D eigenvalue weighted by Gasteiger charge is 2.25. The second kappa shape index (κ2) is 12.3. The summed E-state index contributed by atoms with van der Waals surface area (Å²) in [5, 5.41) is 15.0. The standard InChI is InChI=1S/C30H35N5O3/c1-21(2)20-35(24-8-5-4-6-9-24)27-16-15-25(34-17-7-10-28(34)29(36)38-3)18-26(27)33-30(37)32-23-13-11-22(19-31)12-14-23/h7,10-18,21,24H,4-6,8-9,20H2,1-3H3,(H2,32,33,37). The summed E-state index contributed by atoms with van der Waals surface area (Å²) in [6, 6.07) is 18.2. The molecular weight excluding hydrogens is 478 g/mol. The van der Waals surface area contributed by atoms with Gasteiger partial charge in [-0.3, -0.25) is 0 Å². The Morgan fingerprint density at radius 3 is 2.47 bits per heavy atom. The number of rotatable bonds is 8. The van der Waals surface area contributed by atoms with Crippen LogP contribution in [0, 0.1) is 17.2 Å². The van der Waals surface area contributed by atoms with Crippen LogP contribution in [0.5, 0.6) is 0 Å². The Hall–Kier alpha value is -4.25. The van der Waals surface area contributed by atoms with Gasteiger partial charge in [0, 0.05) is 30.2 Å². The van der Waals surface area contributed by atoms with E-state index in [2.05, 4.69) is 35.5 Å². The van der Waals surface area contributed by atoms with Gasteiger partial charge in [-0.05, 0) is 73.4 Å². The van der Waals surface area contributed by atoms with E-state index in [9.17, 15) is 9.59 Å². The highest BCUT2D eigenvalue weighted by atomic mass is 16.5. The van der Waals surface area contributed by atoms with Crippen LogP contribution in [-0.4, -0.2) is 36.3 Å². The lowest BCUT2D eigenvalue weighted by Crippen LogP contribution is -2.40. The molecule has 1 aliphatic rings. The van der Waals surface area contributed by atoms with Crippen molar-refractivity contribution in [2.75, 3.05) is 29.2 Å². The van der Waals surface area contributed by atoms with E-state index in [1.807, 2.05) is 18.2 Å². The molecule has 0 radical (unpaired) electrons. The van der Waals surface area contributed by atoms with Crippen LogP contribution < -0.4 is 15.5 Å². The zero-order valence-corrected chi connectivity index (χ0v) is 22.2. The molecule has 2 amide bonds. The molecule has 1 heterocycles. The lowest BCUT2D eigenvalue weighted by molar-refractivity contribution is 0.0591. The number of aromatic nitrogens is 1. The van der Waals surface area contributed by atoms with Crippen LogP contribution >= 0.6 is 0 Å². The molecule has 0 unspecified atom stereocenters. The minimum Gasteiger partial charge on any atom is -0.464 e. The zero-order valence-electron chi connectivity index (χ0n) is 22.2. The Morgan fingerprint density at radius 1 is 1.08 bits per heavy atom. The number of amides is 2. The number of methoxy groups -OCH3 is 1. The highest BCUT2D eigenvalue weighted by molar-refractivity contribution is 6.02. The summed E-state index contributed by atoms with van der Waals surface area (Å²) < 4.78 is 6.71. The first kappa shape index (κ1) is 26.8. The zero-order chi connectivity index (χ0) is 27.1. The Balaban J connectivity index is 1.71. The second-order valence-electron chi connectivity index (χ2n) is 10.1. The molecule has 1 aromatic heterocycles. The highest BCUT2D eigenvalue weighted by Crippen LogP contribution is 2.35. The smallest absolute Gasteiger partial charge is 0.355 e. The van der Waals surface area contributed by atoms with E-state index in [4.69, 9.17) is 10.00 Å². The number of nitrogens with zero attached hydrogens (tertiary/aromatic N) is 3. The van der Waals surface area contributed by atoms with Gasteiger partial charge in [0.05, 0.1) is 30.1 Å². The summed E-state index contributed by atoms with van der Waals surface area (Å²) in [4.78, 5) is 27.9. The summed E-state index contributed by atoms with van der Waals surface area (Å²) in [6.07, 6.45) is 7.70. The Labute approximate surface area is 224 Å². The number of benzene rings is 2. The molecular formula is C30H35N5O3. The molecule has 0 atom stereocenters. The number of urea groups is 1. The van der Waals surface area contributed by atoms with Crippen LogP contribution in [0.1, 0.15) is 62.0 Å². The molecule has 4 rings (SSSR count). The second-order valence-corrected chi connectivity index (χ2v) is 10.1. The predicted molar refractivity (Wildman–Crippen MR) is 150 cm³/mol. The topological polar surface area (TPSA) is 99.4 Å². The quantitative estimate of drug-likeness (QED) is 0.332. The average molecular weight is 514 g/mol. The van der Waals surface area contributed by atoms with Crippen LogP contribution in [-0.2, 0) is 4.74 Å². The minimum atomic E-state index is -0.434. The van der Waals surface area contributed by atoms with Gasteiger partial charge in [0.1, 0.15) is 5.69 Å². The van der Waals surface area contributed by atoms with Gasteiger partial charge < -0.3 is 24.8 Å². The number of carbonyl (C=O) groups excluding carboxylic acids is 2. The predicted octanol–water partition coefficient (Wildman–Crippen LogP) is 6.57.